The van der Waals surface area contributed by atoms with Crippen molar-refractivity contribution < 1.29 is 29.6 Å². The number of hydrogen-bond acceptors (Lipinski definition) is 9. The van der Waals surface area contributed by atoms with Crippen LogP contribution in [-0.4, -0.2) is 61.9 Å². The number of nitrogens with two attached hydrogens (primary N) is 1. The average molecular weight is 425 g/mol. The van der Waals surface area contributed by atoms with Crippen LogP contribution in [0.25, 0.3) is 0 Å². The lowest BCUT2D eigenvalue weighted by atomic mass is 9.75. The molecule has 2 aliphatic rings. The maximum atomic E-state index is 13.4. The predicted molar refractivity (Wildman–Crippen MR) is 106 cm³/mol. The molecular weight excluding hydrogens is 394 g/mol. The van der Waals surface area contributed by atoms with Crippen LogP contribution in [0.5, 0.6) is 0 Å². The predicted octanol–water partition coefficient (Wildman–Crippen LogP) is -0.405. The van der Waals surface area contributed by atoms with Gasteiger partial charge in [-0.3, -0.25) is 4.57 Å². The number of rotatable bonds is 5. The van der Waals surface area contributed by atoms with Crippen LogP contribution in [0.1, 0.15) is 40.0 Å². The number of aliphatic hydroxyl groups excluding tert-OH is 3. The lowest BCUT2D eigenvalue weighted by Crippen LogP contribution is -2.57. The molecule has 1 saturated heterocycles. The SMILES string of the molecule is CC1CCC(C(C)C)C(OC(=O)[C@@]2(n3ccc(N)nc3=O)O[C@H](CO)[C@@H](O)[C@H]2O)C1. The molecule has 1 aromatic rings. The summed E-state index contributed by atoms with van der Waals surface area (Å²) in [7, 11) is 0. The van der Waals surface area contributed by atoms with Gasteiger partial charge in [0.2, 0.25) is 0 Å². The first-order valence-electron chi connectivity index (χ1n) is 10.3. The van der Waals surface area contributed by atoms with E-state index in [-0.39, 0.29) is 17.7 Å². The highest BCUT2D eigenvalue weighted by Crippen LogP contribution is 2.40. The van der Waals surface area contributed by atoms with Crippen LogP contribution < -0.4 is 11.4 Å². The second-order valence-corrected chi connectivity index (χ2v) is 8.75. The lowest BCUT2D eigenvalue weighted by Gasteiger charge is -2.39. The molecule has 0 bridgehead atoms. The molecule has 10 heteroatoms. The van der Waals surface area contributed by atoms with Crippen molar-refractivity contribution in [3.8, 4) is 0 Å². The van der Waals surface area contributed by atoms with E-state index in [0.717, 1.165) is 23.6 Å². The highest BCUT2D eigenvalue weighted by molar-refractivity contribution is 5.79. The third kappa shape index (κ3) is 3.84. The van der Waals surface area contributed by atoms with Gasteiger partial charge in [-0.05, 0) is 36.7 Å². The third-order valence-corrected chi connectivity index (χ3v) is 6.31. The van der Waals surface area contributed by atoms with Gasteiger partial charge >= 0.3 is 11.7 Å². The number of esters is 1. The summed E-state index contributed by atoms with van der Waals surface area (Å²) in [5.74, 6) is -0.367. The normalized spacial score (nSPS) is 36.8. The zero-order valence-electron chi connectivity index (χ0n) is 17.5. The summed E-state index contributed by atoms with van der Waals surface area (Å²) in [6.45, 7) is 5.52. The van der Waals surface area contributed by atoms with Crippen molar-refractivity contribution in [2.24, 2.45) is 17.8 Å². The molecule has 1 aliphatic carbocycles. The van der Waals surface area contributed by atoms with E-state index in [0.29, 0.717) is 12.3 Å². The van der Waals surface area contributed by atoms with E-state index in [2.05, 4.69) is 25.8 Å². The fourth-order valence-electron chi connectivity index (χ4n) is 4.56. The Labute approximate surface area is 174 Å². The number of aromatic nitrogens is 2. The first-order valence-corrected chi connectivity index (χ1v) is 10.3. The van der Waals surface area contributed by atoms with Crippen LogP contribution >= 0.6 is 0 Å². The first kappa shape index (κ1) is 22.7. The molecule has 10 nitrogen and oxygen atoms in total. The van der Waals surface area contributed by atoms with Crippen molar-refractivity contribution in [3.63, 3.8) is 0 Å². The maximum Gasteiger partial charge on any atom is 0.363 e. The molecule has 168 valence electrons. The number of anilines is 1. The number of nitrogens with zero attached hydrogens (tertiary/aromatic N) is 2. The van der Waals surface area contributed by atoms with Crippen LogP contribution in [0.15, 0.2) is 17.1 Å². The third-order valence-electron chi connectivity index (χ3n) is 6.31. The zero-order chi connectivity index (χ0) is 22.2. The Bertz CT molecular complexity index is 829. The molecule has 7 atom stereocenters. The second kappa shape index (κ2) is 8.62. The van der Waals surface area contributed by atoms with E-state index in [4.69, 9.17) is 15.2 Å². The van der Waals surface area contributed by atoms with Gasteiger partial charge in [0, 0.05) is 6.20 Å². The summed E-state index contributed by atoms with van der Waals surface area (Å²) in [4.78, 5) is 29.6. The molecule has 0 aromatic carbocycles. The summed E-state index contributed by atoms with van der Waals surface area (Å²) in [6.07, 6.45) is -1.49. The minimum Gasteiger partial charge on any atom is -0.458 e. The van der Waals surface area contributed by atoms with Gasteiger partial charge in [-0.25, -0.2) is 9.59 Å². The van der Waals surface area contributed by atoms with Gasteiger partial charge in [0.05, 0.1) is 6.61 Å². The van der Waals surface area contributed by atoms with E-state index < -0.39 is 48.4 Å². The summed E-state index contributed by atoms with van der Waals surface area (Å²) in [5.41, 5.74) is 2.21. The molecule has 2 fully saturated rings. The highest BCUT2D eigenvalue weighted by Gasteiger charge is 2.62. The number of carbonyl (C=O) groups is 1. The van der Waals surface area contributed by atoms with Crippen molar-refractivity contribution in [2.45, 2.75) is 70.2 Å². The largest absolute Gasteiger partial charge is 0.458 e. The van der Waals surface area contributed by atoms with Crippen LogP contribution in [0.2, 0.25) is 0 Å². The first-order chi connectivity index (χ1) is 14.1. The van der Waals surface area contributed by atoms with Gasteiger partial charge in [0.15, 0.2) is 0 Å². The number of ether oxygens (including phenoxy) is 2. The number of carbonyl (C=O) groups excluding carboxylic acids is 1. The van der Waals surface area contributed by atoms with Gasteiger partial charge in [0.25, 0.3) is 5.72 Å². The van der Waals surface area contributed by atoms with Gasteiger partial charge in [-0.2, -0.15) is 4.98 Å². The maximum absolute atomic E-state index is 13.4. The molecule has 1 aromatic heterocycles. The fraction of sp³-hybridized carbons (Fsp3) is 0.750. The zero-order valence-corrected chi connectivity index (χ0v) is 17.5. The Morgan fingerprint density at radius 2 is 2.13 bits per heavy atom. The van der Waals surface area contributed by atoms with Crippen LogP contribution in [-0.2, 0) is 20.0 Å². The number of hydrogen-bond donors (Lipinski definition) is 4. The monoisotopic (exact) mass is 425 g/mol. The molecule has 1 saturated carbocycles. The van der Waals surface area contributed by atoms with E-state index in [1.165, 1.54) is 6.07 Å². The van der Waals surface area contributed by atoms with E-state index >= 15 is 0 Å². The molecule has 30 heavy (non-hydrogen) atoms. The Morgan fingerprint density at radius 3 is 2.70 bits per heavy atom. The van der Waals surface area contributed by atoms with Gasteiger partial charge in [0.1, 0.15) is 30.2 Å². The quantitative estimate of drug-likeness (QED) is 0.461. The minimum atomic E-state index is -2.38. The van der Waals surface area contributed by atoms with Crippen molar-refractivity contribution in [3.05, 3.63) is 22.7 Å². The summed E-state index contributed by atoms with van der Waals surface area (Å²) >= 11 is 0. The molecule has 2 heterocycles. The summed E-state index contributed by atoms with van der Waals surface area (Å²) in [6, 6.07) is 1.27. The molecule has 1 aliphatic heterocycles. The minimum absolute atomic E-state index is 0.0764. The Kier molecular flexibility index (Phi) is 6.51. The van der Waals surface area contributed by atoms with Crippen LogP contribution in [0.3, 0.4) is 0 Å². The van der Waals surface area contributed by atoms with Crippen LogP contribution in [0.4, 0.5) is 5.82 Å². The smallest absolute Gasteiger partial charge is 0.363 e. The Morgan fingerprint density at radius 1 is 1.43 bits per heavy atom. The molecule has 0 spiro atoms. The average Bonchev–Trinajstić information content (AvgIpc) is 2.93. The van der Waals surface area contributed by atoms with Gasteiger partial charge < -0.3 is 30.5 Å². The number of nitrogen functional groups attached to an aromatic ring is 1. The molecule has 5 N–H and O–H groups in total. The second-order valence-electron chi connectivity index (χ2n) is 8.75. The molecule has 3 rings (SSSR count). The van der Waals surface area contributed by atoms with Crippen molar-refractivity contribution in [1.29, 1.82) is 0 Å². The Hall–Kier alpha value is -2.01. The van der Waals surface area contributed by atoms with E-state index in [1.807, 2.05) is 0 Å². The van der Waals surface area contributed by atoms with Crippen molar-refractivity contribution in [2.75, 3.05) is 12.3 Å². The number of aliphatic hydroxyl groups is 3. The molecule has 0 amide bonds. The molecule has 3 unspecified atom stereocenters. The topological polar surface area (TPSA) is 157 Å². The standard InChI is InChI=1S/C20H31N3O7/c1-10(2)12-5-4-11(3)8-13(12)29-18(27)20(17(26)16(25)14(9-24)30-20)23-7-6-15(21)22-19(23)28/h6-7,10-14,16-17,24-26H,4-5,8-9H2,1-3H3,(H2,21,22,28)/t11?,12?,13?,14-,16-,17-,20+/m1/s1. The summed E-state index contributed by atoms with van der Waals surface area (Å²) < 4.78 is 12.2. The molecular formula is C20H31N3O7. The fourth-order valence-corrected chi connectivity index (χ4v) is 4.56. The molecule has 0 radical (unpaired) electrons. The van der Waals surface area contributed by atoms with E-state index in [1.54, 1.807) is 0 Å². The summed E-state index contributed by atoms with van der Waals surface area (Å²) in [5, 5.41) is 30.6. The van der Waals surface area contributed by atoms with Gasteiger partial charge in [-0.1, -0.05) is 27.2 Å². The lowest BCUT2D eigenvalue weighted by molar-refractivity contribution is -0.211. The van der Waals surface area contributed by atoms with Crippen molar-refractivity contribution in [1.82, 2.24) is 9.55 Å². The van der Waals surface area contributed by atoms with Crippen LogP contribution in [0, 0.1) is 17.8 Å². The van der Waals surface area contributed by atoms with Crippen molar-refractivity contribution >= 4 is 11.8 Å². The van der Waals surface area contributed by atoms with Gasteiger partial charge in [-0.15, -0.1) is 0 Å². The van der Waals surface area contributed by atoms with E-state index in [9.17, 15) is 24.9 Å². The highest BCUT2D eigenvalue weighted by atomic mass is 16.6. The Balaban J connectivity index is 2.02.